The molecule has 3 rings (SSSR count). The van der Waals surface area contributed by atoms with Crippen LogP contribution in [0.3, 0.4) is 0 Å². The smallest absolute Gasteiger partial charge is 0.119 e. The van der Waals surface area contributed by atoms with Gasteiger partial charge >= 0.3 is 0 Å². The molecule has 0 aromatic heterocycles. The summed E-state index contributed by atoms with van der Waals surface area (Å²) in [6, 6.07) is 26.7. The monoisotopic (exact) mass is 389 g/mol. The van der Waals surface area contributed by atoms with E-state index in [2.05, 4.69) is 62.5 Å². The second-order valence-electron chi connectivity index (χ2n) is 7.84. The quantitative estimate of drug-likeness (QED) is 0.405. The first-order chi connectivity index (χ1) is 14.1. The Morgan fingerprint density at radius 1 is 0.759 bits per heavy atom. The van der Waals surface area contributed by atoms with Crippen molar-refractivity contribution in [1.29, 1.82) is 0 Å². The highest BCUT2D eigenvalue weighted by molar-refractivity contribution is 5.46. The second-order valence-corrected chi connectivity index (χ2v) is 7.84. The fraction of sp³-hybridized carbons (Fsp3) is 0.308. The lowest BCUT2D eigenvalue weighted by molar-refractivity contribution is 0.306. The predicted octanol–water partition coefficient (Wildman–Crippen LogP) is 6.44. The molecular weight excluding hydrogens is 358 g/mol. The third kappa shape index (κ3) is 6.28. The van der Waals surface area contributed by atoms with Gasteiger partial charge < -0.3 is 14.8 Å². The van der Waals surface area contributed by atoms with Crippen LogP contribution in [0.5, 0.6) is 11.5 Å². The average Bonchev–Trinajstić information content (AvgIpc) is 2.77. The molecule has 152 valence electrons. The summed E-state index contributed by atoms with van der Waals surface area (Å²) in [7, 11) is 0. The molecule has 0 unspecified atom stereocenters. The van der Waals surface area contributed by atoms with Crippen molar-refractivity contribution in [1.82, 2.24) is 0 Å². The van der Waals surface area contributed by atoms with Crippen molar-refractivity contribution < 1.29 is 9.47 Å². The van der Waals surface area contributed by atoms with Crippen LogP contribution < -0.4 is 14.8 Å². The van der Waals surface area contributed by atoms with Crippen LogP contribution in [0, 0.1) is 0 Å². The molecule has 0 aliphatic heterocycles. The van der Waals surface area contributed by atoms with Crippen molar-refractivity contribution in [3.8, 4) is 11.5 Å². The Morgan fingerprint density at radius 2 is 1.38 bits per heavy atom. The summed E-state index contributed by atoms with van der Waals surface area (Å²) in [5, 5.41) is 3.38. The number of hydrogen-bond acceptors (Lipinski definition) is 3. The van der Waals surface area contributed by atoms with Gasteiger partial charge in [0.1, 0.15) is 24.7 Å². The molecule has 0 heterocycles. The van der Waals surface area contributed by atoms with E-state index < -0.39 is 0 Å². The minimum atomic E-state index is 0.205. The standard InChI is InChI=1S/C26H31NO2/c1-4-26(2,3)22-10-14-24(15-11-22)28-19-18-27-23-12-16-25(17-13-23)29-20-21-8-6-5-7-9-21/h5-17,27H,4,18-20H2,1-3H3. The molecule has 0 saturated heterocycles. The Morgan fingerprint density at radius 3 is 2.03 bits per heavy atom. The van der Waals surface area contributed by atoms with Gasteiger partial charge in [0.2, 0.25) is 0 Å². The fourth-order valence-corrected chi connectivity index (χ4v) is 2.98. The molecule has 3 aromatic carbocycles. The molecule has 0 atom stereocenters. The lowest BCUT2D eigenvalue weighted by Crippen LogP contribution is -2.15. The summed E-state index contributed by atoms with van der Waals surface area (Å²) in [4.78, 5) is 0. The molecule has 0 bridgehead atoms. The topological polar surface area (TPSA) is 30.5 Å². The first-order valence-corrected chi connectivity index (χ1v) is 10.3. The van der Waals surface area contributed by atoms with E-state index in [0.29, 0.717) is 13.2 Å². The van der Waals surface area contributed by atoms with Gasteiger partial charge in [-0.25, -0.2) is 0 Å². The molecular formula is C26H31NO2. The van der Waals surface area contributed by atoms with Gasteiger partial charge in [0, 0.05) is 12.2 Å². The van der Waals surface area contributed by atoms with Crippen LogP contribution in [0.4, 0.5) is 5.69 Å². The highest BCUT2D eigenvalue weighted by atomic mass is 16.5. The van der Waals surface area contributed by atoms with Gasteiger partial charge in [-0.05, 0) is 59.4 Å². The second kappa shape index (κ2) is 10.0. The number of anilines is 1. The minimum absolute atomic E-state index is 0.205. The SMILES string of the molecule is CCC(C)(C)c1ccc(OCCNc2ccc(OCc3ccccc3)cc2)cc1. The summed E-state index contributed by atoms with van der Waals surface area (Å²) in [5.41, 5.74) is 3.77. The highest BCUT2D eigenvalue weighted by Gasteiger charge is 2.17. The van der Waals surface area contributed by atoms with Crippen molar-refractivity contribution in [2.24, 2.45) is 0 Å². The van der Waals surface area contributed by atoms with E-state index in [1.54, 1.807) is 0 Å². The maximum absolute atomic E-state index is 5.85. The third-order valence-corrected chi connectivity index (χ3v) is 5.32. The van der Waals surface area contributed by atoms with E-state index >= 15 is 0 Å². The lowest BCUT2D eigenvalue weighted by Gasteiger charge is -2.23. The van der Waals surface area contributed by atoms with Gasteiger partial charge in [-0.3, -0.25) is 0 Å². The van der Waals surface area contributed by atoms with Crippen LogP contribution in [0.15, 0.2) is 78.9 Å². The highest BCUT2D eigenvalue weighted by Crippen LogP contribution is 2.28. The number of ether oxygens (including phenoxy) is 2. The van der Waals surface area contributed by atoms with E-state index in [4.69, 9.17) is 9.47 Å². The summed E-state index contributed by atoms with van der Waals surface area (Å²) in [5.74, 6) is 1.78. The van der Waals surface area contributed by atoms with Gasteiger partial charge in [0.25, 0.3) is 0 Å². The molecule has 3 heteroatoms. The molecule has 0 aliphatic carbocycles. The number of benzene rings is 3. The molecule has 29 heavy (non-hydrogen) atoms. The molecule has 0 fully saturated rings. The van der Waals surface area contributed by atoms with Crippen LogP contribution >= 0.6 is 0 Å². The molecule has 3 aromatic rings. The number of nitrogens with one attached hydrogen (secondary N) is 1. The van der Waals surface area contributed by atoms with Crippen LogP contribution in [0.2, 0.25) is 0 Å². The summed E-state index contributed by atoms with van der Waals surface area (Å²) >= 11 is 0. The maximum atomic E-state index is 5.85. The van der Waals surface area contributed by atoms with Crippen molar-refractivity contribution in [2.45, 2.75) is 39.2 Å². The zero-order chi connectivity index (χ0) is 20.5. The van der Waals surface area contributed by atoms with Crippen LogP contribution in [0.25, 0.3) is 0 Å². The average molecular weight is 390 g/mol. The third-order valence-electron chi connectivity index (χ3n) is 5.32. The van der Waals surface area contributed by atoms with E-state index in [9.17, 15) is 0 Å². The summed E-state index contributed by atoms with van der Waals surface area (Å²) in [6.45, 7) is 8.69. The Kier molecular flexibility index (Phi) is 7.18. The summed E-state index contributed by atoms with van der Waals surface area (Å²) < 4.78 is 11.7. The van der Waals surface area contributed by atoms with Crippen molar-refractivity contribution >= 4 is 5.69 Å². The normalized spacial score (nSPS) is 11.1. The van der Waals surface area contributed by atoms with E-state index in [-0.39, 0.29) is 5.41 Å². The zero-order valence-corrected chi connectivity index (χ0v) is 17.7. The fourth-order valence-electron chi connectivity index (χ4n) is 2.98. The first-order valence-electron chi connectivity index (χ1n) is 10.3. The lowest BCUT2D eigenvalue weighted by atomic mass is 9.82. The van der Waals surface area contributed by atoms with Crippen LogP contribution in [0.1, 0.15) is 38.3 Å². The first kappa shape index (κ1) is 20.8. The van der Waals surface area contributed by atoms with Crippen molar-refractivity contribution in [3.63, 3.8) is 0 Å². The molecule has 0 spiro atoms. The largest absolute Gasteiger partial charge is 0.492 e. The summed E-state index contributed by atoms with van der Waals surface area (Å²) in [6.07, 6.45) is 1.12. The molecule has 0 amide bonds. The minimum Gasteiger partial charge on any atom is -0.492 e. The van der Waals surface area contributed by atoms with Crippen LogP contribution in [-0.2, 0) is 12.0 Å². The predicted molar refractivity (Wildman–Crippen MR) is 121 cm³/mol. The Bertz CT molecular complexity index is 855. The Labute approximate surface area is 174 Å². The van der Waals surface area contributed by atoms with Crippen molar-refractivity contribution in [3.05, 3.63) is 90.0 Å². The zero-order valence-electron chi connectivity index (χ0n) is 17.7. The maximum Gasteiger partial charge on any atom is 0.119 e. The van der Waals surface area contributed by atoms with Gasteiger partial charge in [0.15, 0.2) is 0 Å². The van der Waals surface area contributed by atoms with Gasteiger partial charge in [-0.2, -0.15) is 0 Å². The molecule has 0 saturated carbocycles. The number of hydrogen-bond donors (Lipinski definition) is 1. The van der Waals surface area contributed by atoms with Gasteiger partial charge in [-0.15, -0.1) is 0 Å². The van der Waals surface area contributed by atoms with E-state index in [1.165, 1.54) is 5.56 Å². The van der Waals surface area contributed by atoms with Crippen LogP contribution in [-0.4, -0.2) is 13.2 Å². The van der Waals surface area contributed by atoms with Gasteiger partial charge in [-0.1, -0.05) is 63.2 Å². The molecule has 0 radical (unpaired) electrons. The Hall–Kier alpha value is -2.94. The molecule has 1 N–H and O–H groups in total. The number of rotatable bonds is 10. The van der Waals surface area contributed by atoms with E-state index in [0.717, 1.165) is 35.7 Å². The van der Waals surface area contributed by atoms with Gasteiger partial charge in [0.05, 0.1) is 0 Å². The molecule has 0 aliphatic rings. The van der Waals surface area contributed by atoms with E-state index in [1.807, 2.05) is 42.5 Å². The van der Waals surface area contributed by atoms with Crippen molar-refractivity contribution in [2.75, 3.05) is 18.5 Å². The molecule has 3 nitrogen and oxygen atoms in total. The Balaban J connectivity index is 1.39.